The molecule has 0 aliphatic carbocycles. The van der Waals surface area contributed by atoms with Gasteiger partial charge in [-0.3, -0.25) is 9.69 Å². The summed E-state index contributed by atoms with van der Waals surface area (Å²) in [4.78, 5) is 19.6. The van der Waals surface area contributed by atoms with Gasteiger partial charge in [-0.05, 0) is 49.7 Å². The lowest BCUT2D eigenvalue weighted by molar-refractivity contribution is -0.117. The molecule has 1 aliphatic heterocycles. The number of methoxy groups -OCH3 is 1. The number of hydrogen-bond acceptors (Lipinski definition) is 5. The van der Waals surface area contributed by atoms with Crippen LogP contribution in [0.2, 0.25) is 5.02 Å². The van der Waals surface area contributed by atoms with Crippen LogP contribution in [-0.2, 0) is 4.79 Å². The third kappa shape index (κ3) is 3.93. The molecule has 1 fully saturated rings. The number of carbonyl (C=O) groups is 1. The first kappa shape index (κ1) is 18.2. The monoisotopic (exact) mass is 401 g/mol. The average molecular weight is 402 g/mol. The molecule has 0 saturated carbocycles. The number of carbonyl (C=O) groups excluding carboxylic acids is 1. The number of amides is 1. The van der Waals surface area contributed by atoms with Crippen molar-refractivity contribution >= 4 is 44.7 Å². The number of aromatic nitrogens is 1. The third-order valence-electron chi connectivity index (χ3n) is 4.74. The maximum absolute atomic E-state index is 12.6. The molecule has 1 unspecified atom stereocenters. The van der Waals surface area contributed by atoms with E-state index in [1.807, 2.05) is 18.2 Å². The molecule has 0 radical (unpaired) electrons. The lowest BCUT2D eigenvalue weighted by Crippen LogP contribution is -2.33. The number of rotatable bonds is 5. The topological polar surface area (TPSA) is 54.5 Å². The molecule has 2 aromatic carbocycles. The van der Waals surface area contributed by atoms with Crippen LogP contribution in [0.1, 0.15) is 23.9 Å². The Labute approximate surface area is 166 Å². The van der Waals surface area contributed by atoms with E-state index in [1.165, 1.54) is 4.70 Å². The number of halogens is 1. The standard InChI is InChI=1S/C20H20ClN3O2S/c1-26-17-9-8-13(21)11-15(17)22-19(25)12-24-10-4-6-16(24)20-23-14-5-2-3-7-18(14)27-20/h2-3,5,7-9,11,16H,4,6,10,12H2,1H3,(H,22,25). The smallest absolute Gasteiger partial charge is 0.238 e. The molecular weight excluding hydrogens is 382 g/mol. The summed E-state index contributed by atoms with van der Waals surface area (Å²) < 4.78 is 6.49. The minimum atomic E-state index is -0.0800. The molecule has 1 amide bonds. The van der Waals surface area contributed by atoms with Gasteiger partial charge in [-0.2, -0.15) is 0 Å². The Bertz CT molecular complexity index is 942. The second-order valence-electron chi connectivity index (χ2n) is 6.54. The first-order chi connectivity index (χ1) is 13.1. The molecular formula is C20H20ClN3O2S. The highest BCUT2D eigenvalue weighted by Crippen LogP contribution is 2.36. The van der Waals surface area contributed by atoms with Gasteiger partial charge < -0.3 is 10.1 Å². The average Bonchev–Trinajstić information content (AvgIpc) is 3.28. The van der Waals surface area contributed by atoms with Crippen molar-refractivity contribution in [2.45, 2.75) is 18.9 Å². The number of anilines is 1. The van der Waals surface area contributed by atoms with Gasteiger partial charge in [0.2, 0.25) is 5.91 Å². The Balaban J connectivity index is 1.48. The van der Waals surface area contributed by atoms with Gasteiger partial charge in [-0.1, -0.05) is 23.7 Å². The van der Waals surface area contributed by atoms with Crippen molar-refractivity contribution in [2.75, 3.05) is 25.5 Å². The fourth-order valence-electron chi connectivity index (χ4n) is 3.48. The Kier molecular flexibility index (Phi) is 5.29. The summed E-state index contributed by atoms with van der Waals surface area (Å²) >= 11 is 7.76. The lowest BCUT2D eigenvalue weighted by Gasteiger charge is -2.22. The second kappa shape index (κ2) is 7.84. The Morgan fingerprint density at radius 2 is 2.22 bits per heavy atom. The van der Waals surface area contributed by atoms with E-state index < -0.39 is 0 Å². The van der Waals surface area contributed by atoms with Crippen molar-refractivity contribution in [1.29, 1.82) is 0 Å². The number of fused-ring (bicyclic) bond motifs is 1. The van der Waals surface area contributed by atoms with Crippen LogP contribution in [-0.4, -0.2) is 36.0 Å². The number of nitrogens with zero attached hydrogens (tertiary/aromatic N) is 2. The fourth-order valence-corrected chi connectivity index (χ4v) is 4.79. The first-order valence-corrected chi connectivity index (χ1v) is 10.1. The minimum absolute atomic E-state index is 0.0800. The van der Waals surface area contributed by atoms with E-state index in [2.05, 4.69) is 16.3 Å². The van der Waals surface area contributed by atoms with E-state index in [-0.39, 0.29) is 11.9 Å². The number of likely N-dealkylation sites (tertiary alicyclic amines) is 1. The predicted molar refractivity (Wildman–Crippen MR) is 110 cm³/mol. The van der Waals surface area contributed by atoms with Gasteiger partial charge in [0.15, 0.2) is 0 Å². The summed E-state index contributed by atoms with van der Waals surface area (Å²) in [7, 11) is 1.57. The van der Waals surface area contributed by atoms with Gasteiger partial charge in [-0.15, -0.1) is 11.3 Å². The van der Waals surface area contributed by atoms with Gasteiger partial charge in [0.05, 0.1) is 35.6 Å². The second-order valence-corrected chi connectivity index (χ2v) is 8.04. The number of hydrogen-bond donors (Lipinski definition) is 1. The molecule has 3 aromatic rings. The number of nitrogens with one attached hydrogen (secondary N) is 1. The van der Waals surface area contributed by atoms with Crippen molar-refractivity contribution in [3.05, 3.63) is 52.5 Å². The largest absolute Gasteiger partial charge is 0.495 e. The Hall–Kier alpha value is -2.15. The molecule has 0 bridgehead atoms. The number of para-hydroxylation sites is 1. The zero-order chi connectivity index (χ0) is 18.8. The van der Waals surface area contributed by atoms with Crippen molar-refractivity contribution in [1.82, 2.24) is 9.88 Å². The van der Waals surface area contributed by atoms with Crippen LogP contribution in [0.5, 0.6) is 5.75 Å². The molecule has 1 saturated heterocycles. The molecule has 5 nitrogen and oxygen atoms in total. The summed E-state index contributed by atoms with van der Waals surface area (Å²) in [6.07, 6.45) is 2.09. The summed E-state index contributed by atoms with van der Waals surface area (Å²) in [6, 6.07) is 13.5. The van der Waals surface area contributed by atoms with Crippen LogP contribution in [0.4, 0.5) is 5.69 Å². The van der Waals surface area contributed by atoms with Gasteiger partial charge >= 0.3 is 0 Å². The predicted octanol–water partition coefficient (Wildman–Crippen LogP) is 4.73. The minimum Gasteiger partial charge on any atom is -0.495 e. The fraction of sp³-hybridized carbons (Fsp3) is 0.300. The Morgan fingerprint density at radius 3 is 3.04 bits per heavy atom. The van der Waals surface area contributed by atoms with Gasteiger partial charge in [0, 0.05) is 5.02 Å². The lowest BCUT2D eigenvalue weighted by atomic mass is 10.2. The van der Waals surface area contributed by atoms with Crippen molar-refractivity contribution in [2.24, 2.45) is 0 Å². The highest BCUT2D eigenvalue weighted by Gasteiger charge is 2.30. The van der Waals surface area contributed by atoms with E-state index >= 15 is 0 Å². The molecule has 1 aliphatic rings. The SMILES string of the molecule is COc1ccc(Cl)cc1NC(=O)CN1CCCC1c1nc2ccccc2s1. The van der Waals surface area contributed by atoms with Gasteiger partial charge in [0.25, 0.3) is 0 Å². The first-order valence-electron chi connectivity index (χ1n) is 8.87. The molecule has 27 heavy (non-hydrogen) atoms. The van der Waals surface area contributed by atoms with E-state index in [0.717, 1.165) is 29.9 Å². The van der Waals surface area contributed by atoms with Crippen LogP contribution < -0.4 is 10.1 Å². The molecule has 1 atom stereocenters. The number of ether oxygens (including phenoxy) is 1. The highest BCUT2D eigenvalue weighted by atomic mass is 35.5. The summed E-state index contributed by atoms with van der Waals surface area (Å²) in [5, 5.41) is 4.56. The highest BCUT2D eigenvalue weighted by molar-refractivity contribution is 7.18. The van der Waals surface area contributed by atoms with Crippen molar-refractivity contribution in [3.63, 3.8) is 0 Å². The normalized spacial score (nSPS) is 17.3. The van der Waals surface area contributed by atoms with Gasteiger partial charge in [-0.25, -0.2) is 4.98 Å². The molecule has 0 spiro atoms. The van der Waals surface area contributed by atoms with Crippen LogP contribution in [0, 0.1) is 0 Å². The zero-order valence-corrected chi connectivity index (χ0v) is 16.5. The zero-order valence-electron chi connectivity index (χ0n) is 14.9. The summed E-state index contributed by atoms with van der Waals surface area (Å²) in [5.41, 5.74) is 1.61. The van der Waals surface area contributed by atoms with Crippen LogP contribution >= 0.6 is 22.9 Å². The molecule has 4 rings (SSSR count). The quantitative estimate of drug-likeness (QED) is 0.671. The summed E-state index contributed by atoms with van der Waals surface area (Å²) in [5.74, 6) is 0.514. The number of benzene rings is 2. The number of thiazole rings is 1. The van der Waals surface area contributed by atoms with Crippen LogP contribution in [0.3, 0.4) is 0 Å². The molecule has 1 N–H and O–H groups in total. The maximum atomic E-state index is 12.6. The third-order valence-corrected chi connectivity index (χ3v) is 6.11. The van der Waals surface area contributed by atoms with Crippen molar-refractivity contribution in [3.8, 4) is 5.75 Å². The van der Waals surface area contributed by atoms with Gasteiger partial charge in [0.1, 0.15) is 10.8 Å². The molecule has 1 aromatic heterocycles. The van der Waals surface area contributed by atoms with E-state index in [9.17, 15) is 4.79 Å². The van der Waals surface area contributed by atoms with E-state index in [4.69, 9.17) is 21.3 Å². The van der Waals surface area contributed by atoms with E-state index in [0.29, 0.717) is 23.0 Å². The van der Waals surface area contributed by atoms with Crippen molar-refractivity contribution < 1.29 is 9.53 Å². The van der Waals surface area contributed by atoms with Crippen LogP contribution in [0.15, 0.2) is 42.5 Å². The maximum Gasteiger partial charge on any atom is 0.238 e. The van der Waals surface area contributed by atoms with Crippen LogP contribution in [0.25, 0.3) is 10.2 Å². The Morgan fingerprint density at radius 1 is 1.37 bits per heavy atom. The molecule has 2 heterocycles. The molecule has 140 valence electrons. The summed E-state index contributed by atoms with van der Waals surface area (Å²) in [6.45, 7) is 1.21. The van der Waals surface area contributed by atoms with E-state index in [1.54, 1.807) is 36.6 Å². The molecule has 7 heteroatoms.